The van der Waals surface area contributed by atoms with Crippen molar-refractivity contribution in [3.05, 3.63) is 46.6 Å². The minimum absolute atomic E-state index is 0.135. The Morgan fingerprint density at radius 1 is 0.673 bits per heavy atom. The van der Waals surface area contributed by atoms with Gasteiger partial charge in [0.15, 0.2) is 12.1 Å². The van der Waals surface area contributed by atoms with Crippen molar-refractivity contribution in [2.24, 2.45) is 0 Å². The van der Waals surface area contributed by atoms with Crippen molar-refractivity contribution >= 4 is 11.0 Å². The molecule has 0 saturated carbocycles. The van der Waals surface area contributed by atoms with E-state index >= 15 is 0 Å². The highest BCUT2D eigenvalue weighted by Gasteiger charge is 2.50. The van der Waals surface area contributed by atoms with Gasteiger partial charge < -0.3 is 89.0 Å². The fourth-order valence-electron chi connectivity index (χ4n) is 6.22. The molecule has 2 aromatic carbocycles. The molecule has 4 heterocycles. The van der Waals surface area contributed by atoms with Gasteiger partial charge in [-0.1, -0.05) is 0 Å². The topological polar surface area (TPSA) is 308 Å². The van der Waals surface area contributed by atoms with Crippen LogP contribution in [0.3, 0.4) is 0 Å². The smallest absolute Gasteiger partial charge is 0.239 e. The Balaban J connectivity index is 1.31. The summed E-state index contributed by atoms with van der Waals surface area (Å²) in [5, 5.41) is 113. The molecule has 0 aliphatic carbocycles. The Hall–Kier alpha value is -3.67. The van der Waals surface area contributed by atoms with E-state index in [1.807, 2.05) is 0 Å². The molecule has 3 saturated heterocycles. The van der Waals surface area contributed by atoms with Gasteiger partial charge in [-0.25, -0.2) is 0 Å². The first-order valence-corrected chi connectivity index (χ1v) is 16.2. The minimum Gasteiger partial charge on any atom is -0.508 e. The van der Waals surface area contributed by atoms with Crippen molar-refractivity contribution in [1.82, 2.24) is 0 Å². The van der Waals surface area contributed by atoms with Crippen LogP contribution in [0.25, 0.3) is 22.3 Å². The summed E-state index contributed by atoms with van der Waals surface area (Å²) in [4.78, 5) is 14.0. The van der Waals surface area contributed by atoms with Crippen LogP contribution in [0.2, 0.25) is 0 Å². The highest BCUT2D eigenvalue weighted by molar-refractivity contribution is 5.88. The number of aliphatic hydroxyl groups is 9. The summed E-state index contributed by atoms with van der Waals surface area (Å²) in [6.07, 6.45) is -23.6. The summed E-state index contributed by atoms with van der Waals surface area (Å²) in [7, 11) is 0. The largest absolute Gasteiger partial charge is 0.508 e. The maximum absolute atomic E-state index is 14.0. The summed E-state index contributed by atoms with van der Waals surface area (Å²) >= 11 is 0. The molecule has 0 bridgehead atoms. The van der Waals surface area contributed by atoms with E-state index in [-0.39, 0.29) is 28.4 Å². The SMILES string of the molecule is C[C@H]1O[C@H](Oc2cc(O)c3c(=O)c(O[C@H]4O[C@H](C)[C@@H](O[C@H]5O[C@@H](CO)[C@H](O)[C@@H](O)[C@@H]5O)[C@H](O)[C@@H]4O)c(-c4ccc(O)cc4)oc3c2)[C@@H](O)[C@@H](O)[C@@H]1O. The van der Waals surface area contributed by atoms with Gasteiger partial charge in [0, 0.05) is 17.7 Å². The number of fused-ring (bicyclic) bond motifs is 1. The Kier molecular flexibility index (Phi) is 11.0. The van der Waals surface area contributed by atoms with Gasteiger partial charge >= 0.3 is 0 Å². The van der Waals surface area contributed by atoms with E-state index in [4.69, 9.17) is 32.8 Å². The predicted octanol–water partition coefficient (Wildman–Crippen LogP) is -2.89. The number of phenolic OH excluding ortho intramolecular Hbond substituents is 2. The van der Waals surface area contributed by atoms with E-state index < -0.39 is 121 Å². The third-order valence-corrected chi connectivity index (χ3v) is 9.25. The maximum Gasteiger partial charge on any atom is 0.239 e. The first kappa shape index (κ1) is 38.1. The second-order valence-corrected chi connectivity index (χ2v) is 12.9. The second-order valence-electron chi connectivity index (χ2n) is 12.9. The third kappa shape index (κ3) is 7.03. The normalized spacial score (nSPS) is 38.2. The minimum atomic E-state index is -1.95. The van der Waals surface area contributed by atoms with Crippen molar-refractivity contribution in [2.45, 2.75) is 106 Å². The number of hydrogen-bond acceptors (Lipinski definition) is 19. The molecule has 0 unspecified atom stereocenters. The van der Waals surface area contributed by atoms with Gasteiger partial charge in [-0.2, -0.15) is 0 Å². The van der Waals surface area contributed by atoms with Crippen LogP contribution in [0.4, 0.5) is 0 Å². The molecule has 52 heavy (non-hydrogen) atoms. The van der Waals surface area contributed by atoms with Crippen LogP contribution in [0, 0.1) is 0 Å². The number of rotatable bonds is 8. The molecule has 286 valence electrons. The van der Waals surface area contributed by atoms with E-state index in [1.54, 1.807) is 0 Å². The summed E-state index contributed by atoms with van der Waals surface area (Å²) in [5.41, 5.74) is -1.08. The van der Waals surface area contributed by atoms with Gasteiger partial charge in [-0.15, -0.1) is 0 Å². The molecule has 0 radical (unpaired) electrons. The van der Waals surface area contributed by atoms with Crippen molar-refractivity contribution < 1.29 is 89.0 Å². The van der Waals surface area contributed by atoms with Crippen LogP contribution in [0.5, 0.6) is 23.0 Å². The van der Waals surface area contributed by atoms with Crippen LogP contribution in [-0.4, -0.2) is 155 Å². The molecule has 3 aromatic rings. The maximum atomic E-state index is 14.0. The van der Waals surface area contributed by atoms with Crippen LogP contribution < -0.4 is 14.9 Å². The van der Waals surface area contributed by atoms with Crippen molar-refractivity contribution in [3.8, 4) is 34.3 Å². The number of phenols is 2. The predicted molar refractivity (Wildman–Crippen MR) is 170 cm³/mol. The molecular formula is C33H40O19. The quantitative estimate of drug-likeness (QED) is 0.110. The molecule has 1 aromatic heterocycles. The van der Waals surface area contributed by atoms with Gasteiger partial charge in [0.2, 0.25) is 23.8 Å². The fourth-order valence-corrected chi connectivity index (χ4v) is 6.22. The first-order valence-electron chi connectivity index (χ1n) is 16.2. The van der Waals surface area contributed by atoms with Gasteiger partial charge in [-0.05, 0) is 38.1 Å². The summed E-state index contributed by atoms with van der Waals surface area (Å²) in [5.74, 6) is -1.88. The average Bonchev–Trinajstić information content (AvgIpc) is 3.11. The van der Waals surface area contributed by atoms with E-state index in [1.165, 1.54) is 44.2 Å². The lowest BCUT2D eigenvalue weighted by Gasteiger charge is -2.45. The molecule has 0 amide bonds. The van der Waals surface area contributed by atoms with Crippen LogP contribution >= 0.6 is 0 Å². The standard InChI is InChI=1S/C33H40O19/c1-10-19(37)22(40)25(43)31(46-10)48-14-7-15(36)18-16(8-14)49-29(12-3-5-13(35)6-4-12)30(21(18)39)52-32-27(45)24(42)28(11(2)47-32)51-33-26(44)23(41)20(38)17(9-34)50-33/h3-8,10-11,17,19-20,22-28,31-38,40-45H,9H2,1-2H3/t10-,11-,17+,19-,20+,22+,23-,24-,25+,26+,27+,28-,31-,32-,33-/m1/s1. The van der Waals surface area contributed by atoms with Crippen LogP contribution in [0.1, 0.15) is 13.8 Å². The molecule has 19 heteroatoms. The lowest BCUT2D eigenvalue weighted by atomic mass is 9.97. The van der Waals surface area contributed by atoms with Crippen molar-refractivity contribution in [1.29, 1.82) is 0 Å². The Morgan fingerprint density at radius 3 is 1.94 bits per heavy atom. The Labute approximate surface area is 293 Å². The monoisotopic (exact) mass is 740 g/mol. The van der Waals surface area contributed by atoms with E-state index in [2.05, 4.69) is 0 Å². The van der Waals surface area contributed by atoms with Crippen molar-refractivity contribution in [3.63, 3.8) is 0 Å². The number of hydrogen-bond donors (Lipinski definition) is 11. The zero-order valence-electron chi connectivity index (χ0n) is 27.5. The average molecular weight is 741 g/mol. The van der Waals surface area contributed by atoms with Crippen molar-refractivity contribution in [2.75, 3.05) is 6.61 Å². The van der Waals surface area contributed by atoms with Gasteiger partial charge in [0.25, 0.3) is 0 Å². The number of benzene rings is 2. The van der Waals surface area contributed by atoms with Gasteiger partial charge in [0.05, 0.1) is 18.8 Å². The number of aliphatic hydroxyl groups excluding tert-OH is 9. The Bertz CT molecular complexity index is 1760. The van der Waals surface area contributed by atoms with Crippen LogP contribution in [-0.2, 0) is 18.9 Å². The fraction of sp³-hybridized carbons (Fsp3) is 0.545. The second kappa shape index (κ2) is 15.0. The van der Waals surface area contributed by atoms with E-state index in [0.717, 1.165) is 6.07 Å². The number of aromatic hydroxyl groups is 2. The summed E-state index contributed by atoms with van der Waals surface area (Å²) in [6.45, 7) is 2.10. The van der Waals surface area contributed by atoms with Gasteiger partial charge in [-0.3, -0.25) is 4.79 Å². The molecule has 11 N–H and O–H groups in total. The molecule has 19 nitrogen and oxygen atoms in total. The molecule has 0 spiro atoms. The third-order valence-electron chi connectivity index (χ3n) is 9.25. The lowest BCUT2D eigenvalue weighted by Crippen LogP contribution is -2.64. The zero-order chi connectivity index (χ0) is 37.8. The lowest BCUT2D eigenvalue weighted by molar-refractivity contribution is -0.348. The van der Waals surface area contributed by atoms with Crippen LogP contribution in [0.15, 0.2) is 45.6 Å². The zero-order valence-corrected chi connectivity index (χ0v) is 27.5. The molecule has 3 aliphatic heterocycles. The highest BCUT2D eigenvalue weighted by atomic mass is 16.7. The molecule has 3 fully saturated rings. The number of ether oxygens (including phenoxy) is 6. The molecule has 6 rings (SSSR count). The first-order chi connectivity index (χ1) is 24.6. The molecule has 3 aliphatic rings. The molecule has 15 atom stereocenters. The van der Waals surface area contributed by atoms with E-state index in [9.17, 15) is 61.0 Å². The summed E-state index contributed by atoms with van der Waals surface area (Å²) < 4.78 is 39.7. The Morgan fingerprint density at radius 2 is 1.27 bits per heavy atom. The van der Waals surface area contributed by atoms with E-state index in [0.29, 0.717) is 0 Å². The summed E-state index contributed by atoms with van der Waals surface area (Å²) in [6, 6.07) is 7.48. The molecular weight excluding hydrogens is 700 g/mol. The van der Waals surface area contributed by atoms with Gasteiger partial charge in [0.1, 0.15) is 89.3 Å². The highest BCUT2D eigenvalue weighted by Crippen LogP contribution is 2.39.